The van der Waals surface area contributed by atoms with Gasteiger partial charge >= 0.3 is 0 Å². The molecule has 2 heterocycles. The van der Waals surface area contributed by atoms with Crippen molar-refractivity contribution in [3.05, 3.63) is 269 Å². The standard InChI is InChI=1S/C56H40N6.C2H6/c1-7-19-39(20-8-1)49(41-31-35-47(36-32-41)55-59-51(43-23-11-3-12-24-43)57-52(60-55)44-25-13-4-14-26-44)50(40-21-9-2-10-22-40)42-33-37-48(38-34-42)56-61-53(45-27-15-5-16-28-45)58-54(62-56)46-29-17-6-18-30-46;1-2/h1-38,51H,(H,57,59,60);1-2H3/b50-49+;. The number of hydrogen-bond donors (Lipinski definition) is 1. The minimum absolute atomic E-state index is 0.279. The van der Waals surface area contributed by atoms with Gasteiger partial charge in [-0.15, -0.1) is 0 Å². The number of rotatable bonds is 10. The molecule has 0 amide bonds. The Balaban J connectivity index is 0.00000256. The Kier molecular flexibility index (Phi) is 12.5. The molecule has 0 saturated heterocycles. The van der Waals surface area contributed by atoms with E-state index in [2.05, 4.69) is 139 Å². The van der Waals surface area contributed by atoms with Crippen molar-refractivity contribution in [2.45, 2.75) is 20.0 Å². The molecule has 0 bridgehead atoms. The van der Waals surface area contributed by atoms with Crippen LogP contribution >= 0.6 is 0 Å². The maximum Gasteiger partial charge on any atom is 0.164 e. The number of hydrogen-bond acceptors (Lipinski definition) is 6. The number of nitrogens with zero attached hydrogens (tertiary/aromatic N) is 5. The van der Waals surface area contributed by atoms with E-state index in [0.717, 1.165) is 72.6 Å². The van der Waals surface area contributed by atoms with Crippen LogP contribution in [0.2, 0.25) is 0 Å². The van der Waals surface area contributed by atoms with E-state index in [-0.39, 0.29) is 6.17 Å². The summed E-state index contributed by atoms with van der Waals surface area (Å²) in [5.74, 6) is 3.34. The fourth-order valence-corrected chi connectivity index (χ4v) is 7.76. The molecular weight excluding hydrogens is 781 g/mol. The third-order valence-corrected chi connectivity index (χ3v) is 10.8. The molecule has 0 fully saturated rings. The van der Waals surface area contributed by atoms with Crippen LogP contribution in [-0.2, 0) is 0 Å². The molecule has 0 aliphatic carbocycles. The number of benzene rings is 8. The lowest BCUT2D eigenvalue weighted by molar-refractivity contribution is 0.674. The van der Waals surface area contributed by atoms with Crippen LogP contribution in [0.25, 0.3) is 45.3 Å². The molecule has 64 heavy (non-hydrogen) atoms. The fraction of sp³-hybridized carbons (Fsp3) is 0.0517. The third-order valence-electron chi connectivity index (χ3n) is 10.8. The van der Waals surface area contributed by atoms with E-state index in [1.807, 2.05) is 111 Å². The second-order valence-electron chi connectivity index (χ2n) is 14.9. The number of aliphatic imine (C=N–C) groups is 2. The van der Waals surface area contributed by atoms with Crippen molar-refractivity contribution in [1.29, 1.82) is 0 Å². The predicted molar refractivity (Wildman–Crippen MR) is 264 cm³/mol. The van der Waals surface area contributed by atoms with E-state index in [4.69, 9.17) is 24.9 Å². The van der Waals surface area contributed by atoms with Crippen LogP contribution in [0.4, 0.5) is 0 Å². The third kappa shape index (κ3) is 9.13. The summed E-state index contributed by atoms with van der Waals surface area (Å²) < 4.78 is 0. The van der Waals surface area contributed by atoms with Gasteiger partial charge in [-0.25, -0.2) is 24.9 Å². The molecule has 1 atom stereocenters. The first-order valence-electron chi connectivity index (χ1n) is 21.7. The molecule has 1 aromatic heterocycles. The Labute approximate surface area is 375 Å². The highest BCUT2D eigenvalue weighted by Gasteiger charge is 2.22. The Morgan fingerprint density at radius 2 is 0.672 bits per heavy atom. The number of aromatic nitrogens is 3. The molecule has 0 spiro atoms. The highest BCUT2D eigenvalue weighted by atomic mass is 15.2. The highest BCUT2D eigenvalue weighted by Crippen LogP contribution is 2.38. The molecule has 6 heteroatoms. The summed E-state index contributed by atoms with van der Waals surface area (Å²) in [6, 6.07) is 79.1. The molecule has 10 rings (SSSR count). The number of amidine groups is 2. The molecule has 9 aromatic rings. The van der Waals surface area contributed by atoms with Crippen molar-refractivity contribution in [3.63, 3.8) is 0 Å². The summed E-state index contributed by atoms with van der Waals surface area (Å²) >= 11 is 0. The monoisotopic (exact) mass is 826 g/mol. The molecule has 0 saturated carbocycles. The van der Waals surface area contributed by atoms with Crippen molar-refractivity contribution in [1.82, 2.24) is 20.3 Å². The Bertz CT molecular complexity index is 2970. The van der Waals surface area contributed by atoms with E-state index < -0.39 is 0 Å². The van der Waals surface area contributed by atoms with Crippen LogP contribution in [0.3, 0.4) is 0 Å². The number of nitrogens with one attached hydrogen (secondary N) is 1. The van der Waals surface area contributed by atoms with Crippen LogP contribution < -0.4 is 5.32 Å². The van der Waals surface area contributed by atoms with Crippen molar-refractivity contribution in [3.8, 4) is 34.2 Å². The molecule has 0 radical (unpaired) electrons. The van der Waals surface area contributed by atoms with Gasteiger partial charge in [-0.3, -0.25) is 0 Å². The van der Waals surface area contributed by atoms with Crippen LogP contribution in [0, 0.1) is 0 Å². The maximum atomic E-state index is 5.07. The normalized spacial score (nSPS) is 13.6. The zero-order chi connectivity index (χ0) is 43.5. The van der Waals surface area contributed by atoms with E-state index in [9.17, 15) is 0 Å². The smallest absolute Gasteiger partial charge is 0.164 e. The van der Waals surface area contributed by atoms with Crippen molar-refractivity contribution in [2.75, 3.05) is 0 Å². The second-order valence-corrected chi connectivity index (χ2v) is 14.9. The molecule has 1 aliphatic heterocycles. The van der Waals surface area contributed by atoms with E-state index >= 15 is 0 Å². The summed E-state index contributed by atoms with van der Waals surface area (Å²) in [4.78, 5) is 25.0. The highest BCUT2D eigenvalue weighted by molar-refractivity contribution is 6.13. The second kappa shape index (κ2) is 19.6. The van der Waals surface area contributed by atoms with Gasteiger partial charge in [0.05, 0.1) is 0 Å². The first-order chi connectivity index (χ1) is 31.7. The lowest BCUT2D eigenvalue weighted by atomic mass is 9.85. The molecular formula is C58H46N6. The molecule has 8 aromatic carbocycles. The summed E-state index contributed by atoms with van der Waals surface area (Å²) in [6.07, 6.45) is -0.279. The zero-order valence-electron chi connectivity index (χ0n) is 35.8. The van der Waals surface area contributed by atoms with Crippen molar-refractivity contribution < 1.29 is 0 Å². The van der Waals surface area contributed by atoms with Gasteiger partial charge in [0.1, 0.15) is 12.0 Å². The average Bonchev–Trinajstić information content (AvgIpc) is 3.40. The largest absolute Gasteiger partial charge is 0.344 e. The summed E-state index contributed by atoms with van der Waals surface area (Å²) in [5, 5.41) is 3.62. The molecule has 1 N–H and O–H groups in total. The lowest BCUT2D eigenvalue weighted by Gasteiger charge is -2.24. The van der Waals surface area contributed by atoms with Crippen LogP contribution in [-0.4, -0.2) is 26.6 Å². The van der Waals surface area contributed by atoms with Gasteiger partial charge in [-0.2, -0.15) is 0 Å². The SMILES string of the molecule is CC.c1ccc(C2=NC(c3ccccc3)NC(c3ccc(/C(=C(\c4ccccc4)c4ccc(-c5nc(-c6ccccc6)nc(-c6ccccc6)n5)cc4)c4ccccc4)cc3)=N2)cc1. The van der Waals surface area contributed by atoms with E-state index in [1.54, 1.807) is 0 Å². The Morgan fingerprint density at radius 1 is 0.344 bits per heavy atom. The Morgan fingerprint density at radius 3 is 1.09 bits per heavy atom. The summed E-state index contributed by atoms with van der Waals surface area (Å²) in [5.41, 5.74) is 12.4. The summed E-state index contributed by atoms with van der Waals surface area (Å²) in [7, 11) is 0. The fourth-order valence-electron chi connectivity index (χ4n) is 7.76. The topological polar surface area (TPSA) is 75.4 Å². The maximum absolute atomic E-state index is 5.07. The van der Waals surface area contributed by atoms with Gasteiger partial charge in [0.25, 0.3) is 0 Å². The minimum atomic E-state index is -0.279. The molecule has 1 unspecified atom stereocenters. The van der Waals surface area contributed by atoms with Crippen molar-refractivity contribution in [2.24, 2.45) is 9.98 Å². The van der Waals surface area contributed by atoms with E-state index in [1.165, 1.54) is 0 Å². The molecule has 6 nitrogen and oxygen atoms in total. The van der Waals surface area contributed by atoms with Crippen LogP contribution in [0.5, 0.6) is 0 Å². The average molecular weight is 827 g/mol. The zero-order valence-corrected chi connectivity index (χ0v) is 35.8. The van der Waals surface area contributed by atoms with Gasteiger partial charge in [0, 0.05) is 27.8 Å². The summed E-state index contributed by atoms with van der Waals surface area (Å²) in [6.45, 7) is 4.00. The van der Waals surface area contributed by atoms with Gasteiger partial charge in [-0.1, -0.05) is 244 Å². The van der Waals surface area contributed by atoms with Crippen LogP contribution in [0.1, 0.15) is 59.0 Å². The van der Waals surface area contributed by atoms with Gasteiger partial charge < -0.3 is 5.32 Å². The molecule has 1 aliphatic rings. The van der Waals surface area contributed by atoms with Gasteiger partial charge in [0.2, 0.25) is 0 Å². The first kappa shape index (κ1) is 41.0. The Hall–Kier alpha value is -8.35. The quantitative estimate of drug-likeness (QED) is 0.139. The van der Waals surface area contributed by atoms with Gasteiger partial charge in [0.15, 0.2) is 23.3 Å². The first-order valence-corrected chi connectivity index (χ1v) is 21.7. The van der Waals surface area contributed by atoms with Crippen LogP contribution in [0.15, 0.2) is 241 Å². The molecule has 308 valence electrons. The predicted octanol–water partition coefficient (Wildman–Crippen LogP) is 13.4. The van der Waals surface area contributed by atoms with Crippen molar-refractivity contribution >= 4 is 22.8 Å². The van der Waals surface area contributed by atoms with Gasteiger partial charge in [-0.05, 0) is 39.0 Å². The minimum Gasteiger partial charge on any atom is -0.344 e. The van der Waals surface area contributed by atoms with E-state index in [0.29, 0.717) is 23.3 Å². The lowest BCUT2D eigenvalue weighted by Crippen LogP contribution is -2.33.